The van der Waals surface area contributed by atoms with E-state index >= 15 is 0 Å². The van der Waals surface area contributed by atoms with Gasteiger partial charge in [0.15, 0.2) is 0 Å². The third kappa shape index (κ3) is 4.83. The highest BCUT2D eigenvalue weighted by atomic mass is 14.0. The van der Waals surface area contributed by atoms with E-state index in [9.17, 15) is 0 Å². The van der Waals surface area contributed by atoms with Gasteiger partial charge in [0.25, 0.3) is 0 Å². The molecule has 0 fully saturated rings. The molecule has 0 bridgehead atoms. The van der Waals surface area contributed by atoms with Crippen LogP contribution in [0.3, 0.4) is 0 Å². The smallest absolute Gasteiger partial charge is 0.0167 e. The quantitative estimate of drug-likeness (QED) is 0.493. The SMILES string of the molecule is [CH]1/C=C\C=C/CCCCCC1. The molecule has 61 valence electrons. The van der Waals surface area contributed by atoms with Gasteiger partial charge in [-0.3, -0.25) is 0 Å². The van der Waals surface area contributed by atoms with E-state index in [4.69, 9.17) is 0 Å². The molecule has 0 atom stereocenters. The van der Waals surface area contributed by atoms with Crippen molar-refractivity contribution in [1.82, 2.24) is 0 Å². The predicted octanol–water partition coefficient (Wildman–Crippen LogP) is 3.66. The first-order valence-electron chi connectivity index (χ1n) is 4.65. The van der Waals surface area contributed by atoms with Crippen LogP contribution >= 0.6 is 0 Å². The number of rotatable bonds is 0. The zero-order chi connectivity index (χ0) is 7.78. The van der Waals surface area contributed by atoms with E-state index in [1.54, 1.807) is 0 Å². The van der Waals surface area contributed by atoms with Crippen molar-refractivity contribution in [3.63, 3.8) is 0 Å². The molecule has 0 saturated heterocycles. The van der Waals surface area contributed by atoms with Crippen molar-refractivity contribution in [1.29, 1.82) is 0 Å². The summed E-state index contributed by atoms with van der Waals surface area (Å²) in [5.74, 6) is 0. The topological polar surface area (TPSA) is 0 Å². The second-order valence-electron chi connectivity index (χ2n) is 3.04. The molecule has 0 amide bonds. The molecule has 0 unspecified atom stereocenters. The predicted molar refractivity (Wildman–Crippen MR) is 50.3 cm³/mol. The minimum atomic E-state index is 1.25. The lowest BCUT2D eigenvalue weighted by atomic mass is 10.1. The van der Waals surface area contributed by atoms with Gasteiger partial charge in [-0.25, -0.2) is 0 Å². The van der Waals surface area contributed by atoms with Crippen molar-refractivity contribution in [2.75, 3.05) is 0 Å². The third-order valence-electron chi connectivity index (χ3n) is 1.99. The summed E-state index contributed by atoms with van der Waals surface area (Å²) in [6.45, 7) is 0. The van der Waals surface area contributed by atoms with Crippen LogP contribution < -0.4 is 0 Å². The van der Waals surface area contributed by atoms with Gasteiger partial charge < -0.3 is 0 Å². The van der Waals surface area contributed by atoms with Crippen molar-refractivity contribution in [2.45, 2.75) is 38.5 Å². The van der Waals surface area contributed by atoms with Crippen molar-refractivity contribution >= 4 is 0 Å². The van der Waals surface area contributed by atoms with Crippen LogP contribution in [0.15, 0.2) is 24.3 Å². The molecule has 11 heavy (non-hydrogen) atoms. The summed E-state index contributed by atoms with van der Waals surface area (Å²) in [4.78, 5) is 0. The average molecular weight is 149 g/mol. The molecule has 0 saturated carbocycles. The lowest BCUT2D eigenvalue weighted by Gasteiger charge is -1.96. The van der Waals surface area contributed by atoms with E-state index in [1.165, 1.54) is 38.5 Å². The minimum Gasteiger partial charge on any atom is -0.0845 e. The van der Waals surface area contributed by atoms with E-state index in [2.05, 4.69) is 30.7 Å². The first-order valence-corrected chi connectivity index (χ1v) is 4.65. The summed E-state index contributed by atoms with van der Waals surface area (Å²) < 4.78 is 0. The Balaban J connectivity index is 2.22. The highest BCUT2D eigenvalue weighted by Gasteiger charge is 1.89. The van der Waals surface area contributed by atoms with Crippen LogP contribution in [0, 0.1) is 6.42 Å². The normalized spacial score (nSPS) is 26.9. The van der Waals surface area contributed by atoms with Gasteiger partial charge in [0.1, 0.15) is 0 Å². The monoisotopic (exact) mass is 149 g/mol. The fourth-order valence-electron chi connectivity index (χ4n) is 1.29. The first-order chi connectivity index (χ1) is 5.50. The van der Waals surface area contributed by atoms with E-state index in [0.717, 1.165) is 0 Å². The van der Waals surface area contributed by atoms with Crippen LogP contribution in [0.4, 0.5) is 0 Å². The van der Waals surface area contributed by atoms with E-state index < -0.39 is 0 Å². The molecule has 0 aromatic carbocycles. The van der Waals surface area contributed by atoms with Gasteiger partial charge in [-0.15, -0.1) is 0 Å². The van der Waals surface area contributed by atoms with E-state index in [0.29, 0.717) is 0 Å². The largest absolute Gasteiger partial charge is 0.0845 e. The van der Waals surface area contributed by atoms with Gasteiger partial charge in [0.2, 0.25) is 0 Å². The Morgan fingerprint density at radius 2 is 1.45 bits per heavy atom. The lowest BCUT2D eigenvalue weighted by molar-refractivity contribution is 0.647. The van der Waals surface area contributed by atoms with Gasteiger partial charge in [-0.05, 0) is 25.7 Å². The number of hydrogen-bond donors (Lipinski definition) is 0. The van der Waals surface area contributed by atoms with Gasteiger partial charge in [-0.2, -0.15) is 0 Å². The zero-order valence-electron chi connectivity index (χ0n) is 7.13. The number of hydrogen-bond acceptors (Lipinski definition) is 0. The van der Waals surface area contributed by atoms with Crippen LogP contribution in [0.5, 0.6) is 0 Å². The fourth-order valence-corrected chi connectivity index (χ4v) is 1.29. The van der Waals surface area contributed by atoms with Gasteiger partial charge in [-0.1, -0.05) is 43.6 Å². The Hall–Kier alpha value is -0.520. The molecule has 0 nitrogen and oxygen atoms in total. The molecule has 1 rings (SSSR count). The van der Waals surface area contributed by atoms with Crippen LogP contribution in [0.25, 0.3) is 0 Å². The summed E-state index contributed by atoms with van der Waals surface area (Å²) in [6, 6.07) is 0. The van der Waals surface area contributed by atoms with Gasteiger partial charge >= 0.3 is 0 Å². The maximum Gasteiger partial charge on any atom is -0.0167 e. The highest BCUT2D eigenvalue weighted by Crippen LogP contribution is 2.08. The molecule has 0 aromatic heterocycles. The first kappa shape index (κ1) is 8.58. The molecule has 0 spiro atoms. The number of allylic oxidation sites excluding steroid dienone is 4. The van der Waals surface area contributed by atoms with E-state index in [-0.39, 0.29) is 0 Å². The van der Waals surface area contributed by atoms with Gasteiger partial charge in [0, 0.05) is 0 Å². The van der Waals surface area contributed by atoms with Crippen LogP contribution in [-0.4, -0.2) is 0 Å². The highest BCUT2D eigenvalue weighted by molar-refractivity contribution is 5.07. The summed E-state index contributed by atoms with van der Waals surface area (Å²) in [5.41, 5.74) is 0. The standard InChI is InChI=1S/C11H17/c1-2-4-6-8-10-11-9-7-5-3-1/h1-5H,6-11H2/b2-1-,5-3-. The summed E-state index contributed by atoms with van der Waals surface area (Å²) in [7, 11) is 0. The van der Waals surface area contributed by atoms with Crippen molar-refractivity contribution < 1.29 is 0 Å². The average Bonchev–Trinajstić information content (AvgIpc) is 2.08. The zero-order valence-corrected chi connectivity index (χ0v) is 7.13. The maximum absolute atomic E-state index is 2.26. The minimum absolute atomic E-state index is 1.25. The Bertz CT molecular complexity index is 115. The molecular formula is C11H17. The fraction of sp³-hybridized carbons (Fsp3) is 0.545. The molecule has 0 aromatic rings. The van der Waals surface area contributed by atoms with Crippen LogP contribution in [0.1, 0.15) is 38.5 Å². The van der Waals surface area contributed by atoms with Crippen LogP contribution in [-0.2, 0) is 0 Å². The lowest BCUT2D eigenvalue weighted by Crippen LogP contribution is -1.77. The van der Waals surface area contributed by atoms with Crippen molar-refractivity contribution in [3.05, 3.63) is 30.7 Å². The molecule has 1 radical (unpaired) electrons. The molecular weight excluding hydrogens is 132 g/mol. The molecule has 0 heterocycles. The Labute approximate surface area is 70.0 Å². The second kappa shape index (κ2) is 6.21. The van der Waals surface area contributed by atoms with Crippen molar-refractivity contribution in [3.8, 4) is 0 Å². The molecule has 0 heteroatoms. The second-order valence-corrected chi connectivity index (χ2v) is 3.04. The Morgan fingerprint density at radius 1 is 0.636 bits per heavy atom. The van der Waals surface area contributed by atoms with E-state index in [1.807, 2.05) is 0 Å². The molecule has 1 aliphatic rings. The maximum atomic E-state index is 2.26. The van der Waals surface area contributed by atoms with Crippen LogP contribution in [0.2, 0.25) is 0 Å². The van der Waals surface area contributed by atoms with Gasteiger partial charge in [0.05, 0.1) is 0 Å². The summed E-state index contributed by atoms with van der Waals surface area (Å²) >= 11 is 0. The Morgan fingerprint density at radius 3 is 2.36 bits per heavy atom. The molecule has 0 N–H and O–H groups in total. The van der Waals surface area contributed by atoms with Crippen molar-refractivity contribution in [2.24, 2.45) is 0 Å². The third-order valence-corrected chi connectivity index (χ3v) is 1.99. The summed E-state index contributed by atoms with van der Waals surface area (Å²) in [6.07, 6.45) is 19.0. The summed E-state index contributed by atoms with van der Waals surface area (Å²) in [5, 5.41) is 0. The Kier molecular flexibility index (Phi) is 4.84. The molecule has 1 aliphatic carbocycles. The molecule has 0 aliphatic heterocycles.